The number of carbonyl (C=O) groups excluding carboxylic acids is 1. The van der Waals surface area contributed by atoms with E-state index in [1.807, 2.05) is 6.92 Å². The molecule has 72 valence electrons. The van der Waals surface area contributed by atoms with Crippen LogP contribution >= 0.6 is 22.9 Å². The zero-order chi connectivity index (χ0) is 9.68. The molecule has 0 bridgehead atoms. The summed E-state index contributed by atoms with van der Waals surface area (Å²) in [4.78, 5) is 15.0. The SMILES string of the molecule is CCC1NC1=O.ClCc1cncs1. The quantitative estimate of drug-likeness (QED) is 0.608. The Bertz CT molecular complexity index is 263. The van der Waals surface area contributed by atoms with Gasteiger partial charge in [0.25, 0.3) is 0 Å². The number of amides is 1. The number of alkyl halides is 1. The molecule has 3 nitrogen and oxygen atoms in total. The minimum absolute atomic E-state index is 0.206. The highest BCUT2D eigenvalue weighted by atomic mass is 35.5. The van der Waals surface area contributed by atoms with Crippen LogP contribution in [0, 0.1) is 0 Å². The second-order valence-corrected chi connectivity index (χ2v) is 3.81. The average molecular weight is 219 g/mol. The van der Waals surface area contributed by atoms with Gasteiger partial charge in [-0.3, -0.25) is 9.78 Å². The molecule has 0 radical (unpaired) electrons. The first-order valence-corrected chi connectivity index (χ1v) is 5.43. The normalized spacial score (nSPS) is 18.6. The molecule has 1 unspecified atom stereocenters. The maximum absolute atomic E-state index is 10.0. The molecule has 0 saturated carbocycles. The van der Waals surface area contributed by atoms with Crippen molar-refractivity contribution in [3.05, 3.63) is 16.6 Å². The zero-order valence-electron chi connectivity index (χ0n) is 7.29. The zero-order valence-corrected chi connectivity index (χ0v) is 8.86. The van der Waals surface area contributed by atoms with E-state index >= 15 is 0 Å². The number of carbonyl (C=O) groups is 1. The molecular formula is C8H11ClN2OS. The third-order valence-corrected chi connectivity index (χ3v) is 2.80. The Morgan fingerprint density at radius 2 is 2.46 bits per heavy atom. The summed E-state index contributed by atoms with van der Waals surface area (Å²) in [5.41, 5.74) is 1.78. The van der Waals surface area contributed by atoms with Crippen LogP contribution in [0.25, 0.3) is 0 Å². The van der Waals surface area contributed by atoms with Crippen molar-refractivity contribution in [3.8, 4) is 0 Å². The van der Waals surface area contributed by atoms with Gasteiger partial charge in [0.2, 0.25) is 5.91 Å². The van der Waals surface area contributed by atoms with Crippen molar-refractivity contribution in [2.75, 3.05) is 0 Å². The van der Waals surface area contributed by atoms with Crippen molar-refractivity contribution in [1.82, 2.24) is 10.3 Å². The van der Waals surface area contributed by atoms with E-state index in [0.29, 0.717) is 5.88 Å². The van der Waals surface area contributed by atoms with Gasteiger partial charge in [-0.25, -0.2) is 0 Å². The Labute approximate surface area is 86.1 Å². The monoisotopic (exact) mass is 218 g/mol. The second kappa shape index (κ2) is 5.19. The van der Waals surface area contributed by atoms with Crippen molar-refractivity contribution in [1.29, 1.82) is 0 Å². The van der Waals surface area contributed by atoms with Crippen LogP contribution in [0.2, 0.25) is 0 Å². The van der Waals surface area contributed by atoms with Crippen molar-refractivity contribution in [2.45, 2.75) is 25.3 Å². The fourth-order valence-electron chi connectivity index (χ4n) is 0.726. The molecule has 0 aromatic carbocycles. The molecule has 1 aliphatic rings. The van der Waals surface area contributed by atoms with E-state index in [2.05, 4.69) is 10.3 Å². The van der Waals surface area contributed by atoms with Gasteiger partial charge in [0.1, 0.15) is 6.04 Å². The van der Waals surface area contributed by atoms with Gasteiger partial charge < -0.3 is 5.32 Å². The molecule has 1 saturated heterocycles. The maximum atomic E-state index is 10.0. The van der Waals surface area contributed by atoms with Crippen molar-refractivity contribution >= 4 is 28.8 Å². The van der Waals surface area contributed by atoms with E-state index in [0.717, 1.165) is 11.3 Å². The number of rotatable bonds is 2. The van der Waals surface area contributed by atoms with Crippen LogP contribution in [0.5, 0.6) is 0 Å². The van der Waals surface area contributed by atoms with Crippen LogP contribution in [0.1, 0.15) is 18.2 Å². The first-order chi connectivity index (χ1) is 6.27. The van der Waals surface area contributed by atoms with Gasteiger partial charge in [0, 0.05) is 11.1 Å². The Morgan fingerprint density at radius 1 is 1.77 bits per heavy atom. The topological polar surface area (TPSA) is 51.9 Å². The van der Waals surface area contributed by atoms with Crippen molar-refractivity contribution < 1.29 is 4.79 Å². The molecule has 0 spiro atoms. The Balaban J connectivity index is 0.000000132. The number of hydrogen-bond donors (Lipinski definition) is 1. The van der Waals surface area contributed by atoms with Gasteiger partial charge in [0.05, 0.1) is 11.4 Å². The van der Waals surface area contributed by atoms with Gasteiger partial charge in [-0.2, -0.15) is 0 Å². The third kappa shape index (κ3) is 3.74. The Morgan fingerprint density at radius 3 is 2.62 bits per heavy atom. The van der Waals surface area contributed by atoms with E-state index < -0.39 is 0 Å². The minimum Gasteiger partial charge on any atom is -0.343 e. The van der Waals surface area contributed by atoms with E-state index in [9.17, 15) is 4.79 Å². The first kappa shape index (κ1) is 10.5. The molecular weight excluding hydrogens is 208 g/mol. The van der Waals surface area contributed by atoms with Gasteiger partial charge in [-0.1, -0.05) is 6.92 Å². The minimum atomic E-state index is 0.206. The maximum Gasteiger partial charge on any atom is 0.243 e. The average Bonchev–Trinajstić information content (AvgIpc) is 2.70. The molecule has 1 amide bonds. The number of aromatic nitrogens is 1. The lowest BCUT2D eigenvalue weighted by atomic mass is 10.4. The summed E-state index contributed by atoms with van der Waals surface area (Å²) in [6.07, 6.45) is 2.72. The van der Waals surface area contributed by atoms with E-state index in [1.54, 1.807) is 23.0 Å². The predicted octanol–water partition coefficient (Wildman–Crippen LogP) is 1.78. The number of thiazole rings is 1. The lowest BCUT2D eigenvalue weighted by Crippen LogP contribution is -1.82. The van der Waals surface area contributed by atoms with Crippen molar-refractivity contribution in [3.63, 3.8) is 0 Å². The Kier molecular flexibility index (Phi) is 4.18. The summed E-state index contributed by atoms with van der Waals surface area (Å²) in [5, 5.41) is 2.64. The number of nitrogens with one attached hydrogen (secondary N) is 1. The molecule has 1 atom stereocenters. The van der Waals surface area contributed by atoms with Gasteiger partial charge in [-0.05, 0) is 6.42 Å². The largest absolute Gasteiger partial charge is 0.343 e. The highest BCUT2D eigenvalue weighted by Crippen LogP contribution is 2.07. The van der Waals surface area contributed by atoms with Gasteiger partial charge >= 0.3 is 0 Å². The molecule has 0 aliphatic carbocycles. The molecule has 5 heteroatoms. The lowest BCUT2D eigenvalue weighted by molar-refractivity contribution is -0.111. The summed E-state index contributed by atoms with van der Waals surface area (Å²) in [5.74, 6) is 0.794. The fraction of sp³-hybridized carbons (Fsp3) is 0.500. The summed E-state index contributed by atoms with van der Waals surface area (Å²) in [6.45, 7) is 1.99. The van der Waals surface area contributed by atoms with Gasteiger partial charge in [0.15, 0.2) is 0 Å². The molecule has 1 aliphatic heterocycles. The highest BCUT2D eigenvalue weighted by Gasteiger charge is 2.30. The molecule has 1 N–H and O–H groups in total. The number of halogens is 1. The predicted molar refractivity (Wildman–Crippen MR) is 53.9 cm³/mol. The van der Waals surface area contributed by atoms with Crippen LogP contribution in [0.3, 0.4) is 0 Å². The van der Waals surface area contributed by atoms with E-state index in [1.165, 1.54) is 0 Å². The third-order valence-electron chi connectivity index (χ3n) is 1.57. The second-order valence-electron chi connectivity index (χ2n) is 2.57. The van der Waals surface area contributed by atoms with Crippen LogP contribution in [-0.4, -0.2) is 16.9 Å². The standard InChI is InChI=1S/C4H4ClNS.C4H7NO/c5-1-4-2-6-3-7-4;1-2-3-4(6)5-3/h2-3H,1H2;3H,2H2,1H3,(H,5,6). The lowest BCUT2D eigenvalue weighted by Gasteiger charge is -1.74. The number of hydrogen-bond acceptors (Lipinski definition) is 3. The molecule has 1 aromatic heterocycles. The van der Waals surface area contributed by atoms with Crippen LogP contribution in [-0.2, 0) is 10.7 Å². The summed E-state index contributed by atoms with van der Waals surface area (Å²) in [6, 6.07) is 0.213. The van der Waals surface area contributed by atoms with Gasteiger partial charge in [-0.15, -0.1) is 22.9 Å². The smallest absolute Gasteiger partial charge is 0.243 e. The summed E-state index contributed by atoms with van der Waals surface area (Å²) >= 11 is 7.02. The van der Waals surface area contributed by atoms with Crippen molar-refractivity contribution in [2.24, 2.45) is 0 Å². The first-order valence-electron chi connectivity index (χ1n) is 4.01. The van der Waals surface area contributed by atoms with E-state index in [4.69, 9.17) is 11.6 Å². The molecule has 2 rings (SSSR count). The molecule has 13 heavy (non-hydrogen) atoms. The van der Waals surface area contributed by atoms with Crippen LogP contribution in [0.15, 0.2) is 11.7 Å². The summed E-state index contributed by atoms with van der Waals surface area (Å²) < 4.78 is 0. The fourth-order valence-corrected chi connectivity index (χ4v) is 1.43. The van der Waals surface area contributed by atoms with E-state index in [-0.39, 0.29) is 11.9 Å². The summed E-state index contributed by atoms with van der Waals surface area (Å²) in [7, 11) is 0. The Hall–Kier alpha value is -0.610. The molecule has 1 aromatic rings. The van der Waals surface area contributed by atoms with Crippen LogP contribution < -0.4 is 5.32 Å². The number of nitrogens with zero attached hydrogens (tertiary/aromatic N) is 1. The molecule has 1 fully saturated rings. The van der Waals surface area contributed by atoms with Crippen LogP contribution in [0.4, 0.5) is 0 Å². The molecule has 2 heterocycles. The highest BCUT2D eigenvalue weighted by molar-refractivity contribution is 7.09.